The molecule has 2 aromatic rings. The quantitative estimate of drug-likeness (QED) is 0.631. The SMILES string of the molecule is CCNC(=O)Nc1ccc(-c2nc3c(c(N4CCOCC4C)n2)CCN(C2=CC(=O)OC2)C3)cc1. The van der Waals surface area contributed by atoms with Crippen molar-refractivity contribution in [2.45, 2.75) is 32.9 Å². The fraction of sp³-hybridized carbons (Fsp3) is 0.440. The van der Waals surface area contributed by atoms with Gasteiger partial charge in [-0.3, -0.25) is 0 Å². The molecule has 10 heteroatoms. The molecule has 5 rings (SSSR count). The van der Waals surface area contributed by atoms with Crippen LogP contribution in [-0.2, 0) is 27.2 Å². The zero-order valence-electron chi connectivity index (χ0n) is 20.0. The number of cyclic esters (lactones) is 1. The zero-order valence-corrected chi connectivity index (χ0v) is 20.0. The summed E-state index contributed by atoms with van der Waals surface area (Å²) in [6, 6.07) is 7.51. The molecule has 184 valence electrons. The molecule has 35 heavy (non-hydrogen) atoms. The molecular weight excluding hydrogens is 448 g/mol. The largest absolute Gasteiger partial charge is 0.456 e. The molecule has 1 fully saturated rings. The third-order valence-electron chi connectivity index (χ3n) is 6.47. The minimum Gasteiger partial charge on any atom is -0.456 e. The Labute approximate surface area is 204 Å². The number of carbonyl (C=O) groups is 2. The molecular formula is C25H30N6O4. The maximum Gasteiger partial charge on any atom is 0.333 e. The molecule has 0 spiro atoms. The van der Waals surface area contributed by atoms with Gasteiger partial charge < -0.3 is 29.9 Å². The number of urea groups is 1. The van der Waals surface area contributed by atoms with Crippen LogP contribution in [-0.4, -0.2) is 72.4 Å². The number of carbonyl (C=O) groups excluding carboxylic acids is 2. The van der Waals surface area contributed by atoms with Gasteiger partial charge in [-0.1, -0.05) is 0 Å². The minimum atomic E-state index is -0.293. The van der Waals surface area contributed by atoms with Gasteiger partial charge in [0.2, 0.25) is 0 Å². The van der Waals surface area contributed by atoms with Crippen molar-refractivity contribution in [2.75, 3.05) is 49.7 Å². The summed E-state index contributed by atoms with van der Waals surface area (Å²) in [6.45, 7) is 8.36. The lowest BCUT2D eigenvalue weighted by atomic mass is 10.0. The number of benzene rings is 1. The Hall–Kier alpha value is -3.66. The fourth-order valence-electron chi connectivity index (χ4n) is 4.65. The van der Waals surface area contributed by atoms with Gasteiger partial charge in [0.15, 0.2) is 5.82 Å². The molecule has 1 aromatic heterocycles. The summed E-state index contributed by atoms with van der Waals surface area (Å²) in [5.74, 6) is 1.30. The lowest BCUT2D eigenvalue weighted by Gasteiger charge is -2.38. The van der Waals surface area contributed by atoms with Crippen molar-refractivity contribution >= 4 is 23.5 Å². The Bertz CT molecular complexity index is 1150. The van der Waals surface area contributed by atoms with Crippen LogP contribution in [0.15, 0.2) is 36.0 Å². The van der Waals surface area contributed by atoms with E-state index in [4.69, 9.17) is 19.4 Å². The summed E-state index contributed by atoms with van der Waals surface area (Å²) in [5.41, 5.74) is 4.57. The molecule has 4 heterocycles. The van der Waals surface area contributed by atoms with E-state index >= 15 is 0 Å². The highest BCUT2D eigenvalue weighted by Gasteiger charge is 2.30. The predicted molar refractivity (Wildman–Crippen MR) is 131 cm³/mol. The highest BCUT2D eigenvalue weighted by molar-refractivity contribution is 5.89. The molecule has 3 aliphatic heterocycles. The molecule has 1 atom stereocenters. The first-order valence-corrected chi connectivity index (χ1v) is 12.0. The summed E-state index contributed by atoms with van der Waals surface area (Å²) in [7, 11) is 0. The molecule has 0 radical (unpaired) electrons. The van der Waals surface area contributed by atoms with Gasteiger partial charge in [-0.15, -0.1) is 0 Å². The topological polar surface area (TPSA) is 109 Å². The lowest BCUT2D eigenvalue weighted by molar-refractivity contribution is -0.135. The monoisotopic (exact) mass is 478 g/mol. The Balaban J connectivity index is 1.48. The average molecular weight is 479 g/mol. The second kappa shape index (κ2) is 9.91. The number of fused-ring (bicyclic) bond motifs is 1. The first-order chi connectivity index (χ1) is 17.0. The molecule has 1 unspecified atom stereocenters. The van der Waals surface area contributed by atoms with Crippen LogP contribution in [0.4, 0.5) is 16.3 Å². The molecule has 0 aliphatic carbocycles. The number of esters is 1. The number of hydrogen-bond donors (Lipinski definition) is 2. The predicted octanol–water partition coefficient (Wildman–Crippen LogP) is 2.31. The number of rotatable bonds is 5. The van der Waals surface area contributed by atoms with Gasteiger partial charge in [-0.05, 0) is 44.5 Å². The summed E-state index contributed by atoms with van der Waals surface area (Å²) in [6.07, 6.45) is 2.36. The number of amides is 2. The minimum absolute atomic E-state index is 0.209. The van der Waals surface area contributed by atoms with Gasteiger partial charge in [-0.25, -0.2) is 19.6 Å². The van der Waals surface area contributed by atoms with Gasteiger partial charge in [0.1, 0.15) is 12.4 Å². The van der Waals surface area contributed by atoms with E-state index in [1.165, 1.54) is 0 Å². The Morgan fingerprint density at radius 3 is 2.74 bits per heavy atom. The average Bonchev–Trinajstić information content (AvgIpc) is 3.30. The highest BCUT2D eigenvalue weighted by atomic mass is 16.5. The van der Waals surface area contributed by atoms with E-state index in [9.17, 15) is 9.59 Å². The summed E-state index contributed by atoms with van der Waals surface area (Å²) in [4.78, 5) is 37.9. The van der Waals surface area contributed by atoms with E-state index in [0.29, 0.717) is 44.4 Å². The van der Waals surface area contributed by atoms with E-state index in [2.05, 4.69) is 27.4 Å². The number of morpholine rings is 1. The van der Waals surface area contributed by atoms with Crippen molar-refractivity contribution in [1.82, 2.24) is 20.2 Å². The van der Waals surface area contributed by atoms with Crippen LogP contribution in [0.1, 0.15) is 25.1 Å². The molecule has 0 bridgehead atoms. The molecule has 0 saturated carbocycles. The smallest absolute Gasteiger partial charge is 0.333 e. The third kappa shape index (κ3) is 4.93. The van der Waals surface area contributed by atoms with Crippen molar-refractivity contribution < 1.29 is 19.1 Å². The summed E-state index contributed by atoms with van der Waals surface area (Å²) < 4.78 is 10.8. The maximum absolute atomic E-state index is 11.8. The van der Waals surface area contributed by atoms with E-state index in [1.807, 2.05) is 31.2 Å². The van der Waals surface area contributed by atoms with E-state index in [1.54, 1.807) is 6.08 Å². The Morgan fingerprint density at radius 1 is 1.20 bits per heavy atom. The molecule has 1 saturated heterocycles. The number of anilines is 2. The van der Waals surface area contributed by atoms with Crippen LogP contribution in [0.3, 0.4) is 0 Å². The first kappa shape index (κ1) is 23.1. The van der Waals surface area contributed by atoms with Gasteiger partial charge in [0.25, 0.3) is 0 Å². The number of nitrogens with zero attached hydrogens (tertiary/aromatic N) is 4. The molecule has 10 nitrogen and oxygen atoms in total. The zero-order chi connectivity index (χ0) is 24.4. The highest BCUT2D eigenvalue weighted by Crippen LogP contribution is 2.33. The van der Waals surface area contributed by atoms with Gasteiger partial charge >= 0.3 is 12.0 Å². The number of ether oxygens (including phenoxy) is 2. The van der Waals surface area contributed by atoms with Crippen molar-refractivity contribution in [3.05, 3.63) is 47.3 Å². The third-order valence-corrected chi connectivity index (χ3v) is 6.47. The molecule has 1 aromatic carbocycles. The maximum atomic E-state index is 11.8. The number of nitrogens with one attached hydrogen (secondary N) is 2. The number of aromatic nitrogens is 2. The van der Waals surface area contributed by atoms with E-state index in [0.717, 1.165) is 47.8 Å². The van der Waals surface area contributed by atoms with Crippen molar-refractivity contribution in [1.29, 1.82) is 0 Å². The first-order valence-electron chi connectivity index (χ1n) is 12.0. The van der Waals surface area contributed by atoms with Gasteiger partial charge in [-0.2, -0.15) is 0 Å². The Kier molecular flexibility index (Phi) is 6.54. The second-order valence-electron chi connectivity index (χ2n) is 8.89. The fourth-order valence-corrected chi connectivity index (χ4v) is 4.65. The van der Waals surface area contributed by atoms with Crippen LogP contribution < -0.4 is 15.5 Å². The standard InChI is InChI=1S/C25H30N6O4/c1-3-26-25(33)27-18-6-4-17(5-7-18)23-28-21-13-30(19-12-22(32)35-15-19)9-8-20(21)24(29-23)31-10-11-34-14-16(31)2/h4-7,12,16H,3,8-11,13-15H2,1-2H3,(H2,26,27,33). The van der Waals surface area contributed by atoms with Crippen LogP contribution in [0, 0.1) is 0 Å². The molecule has 2 N–H and O–H groups in total. The second-order valence-corrected chi connectivity index (χ2v) is 8.89. The molecule has 2 amide bonds. The van der Waals surface area contributed by atoms with Crippen molar-refractivity contribution in [3.63, 3.8) is 0 Å². The van der Waals surface area contributed by atoms with Crippen molar-refractivity contribution in [2.24, 2.45) is 0 Å². The van der Waals surface area contributed by atoms with Crippen LogP contribution in [0.5, 0.6) is 0 Å². The summed E-state index contributed by atoms with van der Waals surface area (Å²) in [5, 5.41) is 5.54. The van der Waals surface area contributed by atoms with Crippen molar-refractivity contribution in [3.8, 4) is 11.4 Å². The van der Waals surface area contributed by atoms with Gasteiger partial charge in [0.05, 0.1) is 37.2 Å². The summed E-state index contributed by atoms with van der Waals surface area (Å²) >= 11 is 0. The van der Waals surface area contributed by atoms with Crippen LogP contribution >= 0.6 is 0 Å². The van der Waals surface area contributed by atoms with E-state index in [-0.39, 0.29) is 18.0 Å². The van der Waals surface area contributed by atoms with Gasteiger partial charge in [0, 0.05) is 42.5 Å². The van der Waals surface area contributed by atoms with Crippen LogP contribution in [0.2, 0.25) is 0 Å². The normalized spacial score (nSPS) is 19.7. The Morgan fingerprint density at radius 2 is 2.03 bits per heavy atom. The van der Waals surface area contributed by atoms with Crippen LogP contribution in [0.25, 0.3) is 11.4 Å². The van der Waals surface area contributed by atoms with E-state index < -0.39 is 0 Å². The number of hydrogen-bond acceptors (Lipinski definition) is 8. The molecule has 3 aliphatic rings. The lowest BCUT2D eigenvalue weighted by Crippen LogP contribution is -2.45.